The maximum Gasteiger partial charge on any atom is 0.202 e. The summed E-state index contributed by atoms with van der Waals surface area (Å²) in [5, 5.41) is 12.2. The van der Waals surface area contributed by atoms with Gasteiger partial charge in [-0.2, -0.15) is 0 Å². The molecule has 0 aliphatic carbocycles. The maximum atomic E-state index is 6.02. The van der Waals surface area contributed by atoms with Gasteiger partial charge in [0, 0.05) is 6.07 Å². The largest absolute Gasteiger partial charge is 0.461 e. The Labute approximate surface area is 121 Å². The number of aromatic nitrogens is 4. The minimum atomic E-state index is -0.0697. The summed E-state index contributed by atoms with van der Waals surface area (Å²) < 4.78 is 12.2. The lowest BCUT2D eigenvalue weighted by Crippen LogP contribution is -2.10. The Hall–Kier alpha value is -2.41. The van der Waals surface area contributed by atoms with Crippen molar-refractivity contribution in [1.29, 1.82) is 0 Å². The van der Waals surface area contributed by atoms with Crippen LogP contribution in [-0.2, 0) is 6.54 Å². The highest BCUT2D eigenvalue weighted by Gasteiger charge is 2.12. The summed E-state index contributed by atoms with van der Waals surface area (Å²) in [6.45, 7) is 2.58. The number of hydrogen-bond donors (Lipinski definition) is 1. The summed E-state index contributed by atoms with van der Waals surface area (Å²) in [5.41, 5.74) is 7.57. The van der Waals surface area contributed by atoms with Gasteiger partial charge in [-0.15, -0.1) is 5.10 Å². The van der Waals surface area contributed by atoms with Crippen LogP contribution in [0.2, 0.25) is 0 Å². The van der Waals surface area contributed by atoms with Gasteiger partial charge in [0.2, 0.25) is 5.76 Å². The van der Waals surface area contributed by atoms with Crippen molar-refractivity contribution in [2.45, 2.75) is 32.4 Å². The van der Waals surface area contributed by atoms with E-state index in [2.05, 4.69) is 22.4 Å². The van der Waals surface area contributed by atoms with Crippen LogP contribution in [0, 0.1) is 0 Å². The topological polar surface area (TPSA) is 95.9 Å². The first-order valence-electron chi connectivity index (χ1n) is 6.91. The van der Waals surface area contributed by atoms with Gasteiger partial charge in [-0.25, -0.2) is 4.68 Å². The molecule has 0 saturated carbocycles. The Morgan fingerprint density at radius 3 is 3.05 bits per heavy atom. The van der Waals surface area contributed by atoms with Crippen molar-refractivity contribution in [3.05, 3.63) is 42.0 Å². The molecule has 1 unspecified atom stereocenters. The van der Waals surface area contributed by atoms with Crippen LogP contribution in [0.4, 0.5) is 0 Å². The van der Waals surface area contributed by atoms with Gasteiger partial charge in [0.15, 0.2) is 5.76 Å². The average molecular weight is 287 g/mol. The molecule has 1 atom stereocenters. The van der Waals surface area contributed by atoms with Gasteiger partial charge < -0.3 is 14.7 Å². The molecule has 7 nitrogen and oxygen atoms in total. The fourth-order valence-corrected chi connectivity index (χ4v) is 2.11. The molecule has 0 aliphatic heterocycles. The highest BCUT2D eigenvalue weighted by molar-refractivity contribution is 5.49. The third-order valence-corrected chi connectivity index (χ3v) is 3.18. The Morgan fingerprint density at radius 2 is 2.29 bits per heavy atom. The van der Waals surface area contributed by atoms with Crippen molar-refractivity contribution < 1.29 is 8.94 Å². The average Bonchev–Trinajstić information content (AvgIpc) is 3.20. The van der Waals surface area contributed by atoms with Gasteiger partial charge in [0.1, 0.15) is 5.69 Å². The van der Waals surface area contributed by atoms with Crippen LogP contribution in [0.1, 0.15) is 37.2 Å². The van der Waals surface area contributed by atoms with Crippen molar-refractivity contribution in [2.75, 3.05) is 0 Å². The second-order valence-corrected chi connectivity index (χ2v) is 4.90. The van der Waals surface area contributed by atoms with E-state index < -0.39 is 0 Å². The molecule has 21 heavy (non-hydrogen) atoms. The first-order valence-corrected chi connectivity index (χ1v) is 6.91. The first kappa shape index (κ1) is 13.6. The Morgan fingerprint density at radius 1 is 1.38 bits per heavy atom. The maximum absolute atomic E-state index is 6.02. The Balaban J connectivity index is 1.70. The molecule has 7 heteroatoms. The fraction of sp³-hybridized carbons (Fsp3) is 0.357. The molecule has 0 aromatic carbocycles. The second kappa shape index (κ2) is 5.92. The number of nitrogens with zero attached hydrogens (tertiary/aromatic N) is 4. The van der Waals surface area contributed by atoms with Gasteiger partial charge in [-0.05, 0) is 18.6 Å². The summed E-state index contributed by atoms with van der Waals surface area (Å²) in [6.07, 6.45) is 5.35. The van der Waals surface area contributed by atoms with Crippen LogP contribution >= 0.6 is 0 Å². The molecule has 3 heterocycles. The van der Waals surface area contributed by atoms with Crippen LogP contribution < -0.4 is 5.73 Å². The van der Waals surface area contributed by atoms with E-state index in [1.165, 1.54) is 0 Å². The normalized spacial score (nSPS) is 12.7. The lowest BCUT2D eigenvalue weighted by Gasteiger charge is -2.04. The number of nitrogens with two attached hydrogens (primary N) is 1. The number of furan rings is 1. The van der Waals surface area contributed by atoms with Crippen LogP contribution in [0.3, 0.4) is 0 Å². The molecular weight excluding hydrogens is 270 g/mol. The van der Waals surface area contributed by atoms with E-state index in [0.717, 1.165) is 24.2 Å². The molecule has 0 saturated heterocycles. The number of hydrogen-bond acceptors (Lipinski definition) is 6. The van der Waals surface area contributed by atoms with E-state index >= 15 is 0 Å². The summed E-state index contributed by atoms with van der Waals surface area (Å²) in [7, 11) is 0. The fourth-order valence-electron chi connectivity index (χ4n) is 2.11. The summed E-state index contributed by atoms with van der Waals surface area (Å²) >= 11 is 0. The minimum absolute atomic E-state index is 0.0697. The Kier molecular flexibility index (Phi) is 3.83. The van der Waals surface area contributed by atoms with Crippen molar-refractivity contribution in [3.63, 3.8) is 0 Å². The monoisotopic (exact) mass is 287 g/mol. The van der Waals surface area contributed by atoms with Gasteiger partial charge >= 0.3 is 0 Å². The summed E-state index contributed by atoms with van der Waals surface area (Å²) in [6, 6.07) is 5.38. The second-order valence-electron chi connectivity index (χ2n) is 4.90. The zero-order valence-corrected chi connectivity index (χ0v) is 11.8. The predicted octanol–water partition coefficient (Wildman–Crippen LogP) is 2.37. The molecule has 3 aromatic rings. The van der Waals surface area contributed by atoms with Gasteiger partial charge in [-0.3, -0.25) is 0 Å². The van der Waals surface area contributed by atoms with E-state index in [1.807, 2.05) is 18.3 Å². The van der Waals surface area contributed by atoms with Crippen LogP contribution in [0.5, 0.6) is 0 Å². The van der Waals surface area contributed by atoms with Crippen LogP contribution in [-0.4, -0.2) is 20.2 Å². The SMILES string of the molecule is CCCC(N)c1cn(Cc2cc(-c3ccco3)on2)nn1. The van der Waals surface area contributed by atoms with Crippen molar-refractivity contribution >= 4 is 0 Å². The quantitative estimate of drug-likeness (QED) is 0.747. The van der Waals surface area contributed by atoms with E-state index in [9.17, 15) is 0 Å². The molecule has 3 aromatic heterocycles. The first-order chi connectivity index (χ1) is 10.3. The standard InChI is InChI=1S/C14H17N5O2/c1-2-4-11(15)12-9-19(18-16-12)8-10-7-14(21-17-10)13-5-3-6-20-13/h3,5-7,9,11H,2,4,8,15H2,1H3. The molecule has 2 N–H and O–H groups in total. The number of rotatable bonds is 6. The third kappa shape index (κ3) is 3.03. The van der Waals surface area contributed by atoms with Gasteiger partial charge in [-0.1, -0.05) is 23.7 Å². The zero-order chi connectivity index (χ0) is 14.7. The molecule has 0 radical (unpaired) electrons. The molecular formula is C14H17N5O2. The molecule has 0 spiro atoms. The lowest BCUT2D eigenvalue weighted by molar-refractivity contribution is 0.407. The van der Waals surface area contributed by atoms with Crippen molar-refractivity contribution in [1.82, 2.24) is 20.2 Å². The van der Waals surface area contributed by atoms with Gasteiger partial charge in [0.25, 0.3) is 0 Å². The highest BCUT2D eigenvalue weighted by atomic mass is 16.5. The molecule has 0 aliphatic rings. The van der Waals surface area contributed by atoms with Crippen molar-refractivity contribution in [2.24, 2.45) is 5.73 Å². The molecule has 0 fully saturated rings. The van der Waals surface area contributed by atoms with Crippen molar-refractivity contribution in [3.8, 4) is 11.5 Å². The molecule has 3 rings (SSSR count). The van der Waals surface area contributed by atoms with Crippen LogP contribution in [0.25, 0.3) is 11.5 Å². The molecule has 110 valence electrons. The molecule has 0 bridgehead atoms. The summed E-state index contributed by atoms with van der Waals surface area (Å²) in [4.78, 5) is 0. The lowest BCUT2D eigenvalue weighted by atomic mass is 10.1. The van der Waals surface area contributed by atoms with Gasteiger partial charge in [0.05, 0.1) is 30.7 Å². The smallest absolute Gasteiger partial charge is 0.202 e. The molecule has 0 amide bonds. The predicted molar refractivity (Wildman–Crippen MR) is 75.2 cm³/mol. The van der Waals surface area contributed by atoms with E-state index in [4.69, 9.17) is 14.7 Å². The highest BCUT2D eigenvalue weighted by Crippen LogP contribution is 2.21. The Bertz CT molecular complexity index is 686. The summed E-state index contributed by atoms with van der Waals surface area (Å²) in [5.74, 6) is 1.25. The van der Waals surface area contributed by atoms with Crippen LogP contribution in [0.15, 0.2) is 39.6 Å². The van der Waals surface area contributed by atoms with E-state index in [-0.39, 0.29) is 6.04 Å². The minimum Gasteiger partial charge on any atom is -0.461 e. The van der Waals surface area contributed by atoms with E-state index in [0.29, 0.717) is 18.1 Å². The zero-order valence-electron chi connectivity index (χ0n) is 11.8. The third-order valence-electron chi connectivity index (χ3n) is 3.18. The van der Waals surface area contributed by atoms with E-state index in [1.54, 1.807) is 17.0 Å².